The molecule has 1 fully saturated rings. The van der Waals surface area contributed by atoms with E-state index in [0.717, 1.165) is 12.8 Å². The fourth-order valence-corrected chi connectivity index (χ4v) is 1.64. The predicted molar refractivity (Wildman–Crippen MR) is 47.7 cm³/mol. The average molecular weight is 195 g/mol. The molecule has 1 saturated carbocycles. The Bertz CT molecular complexity index is 152. The van der Waals surface area contributed by atoms with Gasteiger partial charge in [0.2, 0.25) is 0 Å². The van der Waals surface area contributed by atoms with Crippen molar-refractivity contribution in [1.82, 2.24) is 0 Å². The summed E-state index contributed by atoms with van der Waals surface area (Å²) in [6, 6.07) is 0. The quantitative estimate of drug-likeness (QED) is 0.746. The van der Waals surface area contributed by atoms with Crippen LogP contribution in [0.4, 0.5) is 0 Å². The molecular formula is C8H15ClO3. The van der Waals surface area contributed by atoms with Gasteiger partial charge in [0.15, 0.2) is 5.60 Å². The highest BCUT2D eigenvalue weighted by atomic mass is 35.5. The van der Waals surface area contributed by atoms with Crippen molar-refractivity contribution < 1.29 is 14.6 Å². The molecule has 0 radical (unpaired) electrons. The lowest BCUT2D eigenvalue weighted by Crippen LogP contribution is -2.38. The maximum absolute atomic E-state index is 10.8. The third-order valence-corrected chi connectivity index (χ3v) is 2.22. The SMILES string of the molecule is CCOC1(C(=O)O)CCCC1.Cl. The largest absolute Gasteiger partial charge is 0.479 e. The minimum atomic E-state index is -0.839. The van der Waals surface area contributed by atoms with Crippen LogP contribution >= 0.6 is 12.4 Å². The summed E-state index contributed by atoms with van der Waals surface area (Å²) in [5.74, 6) is -0.795. The van der Waals surface area contributed by atoms with Gasteiger partial charge in [0, 0.05) is 6.61 Å². The first-order valence-electron chi connectivity index (χ1n) is 4.08. The summed E-state index contributed by atoms with van der Waals surface area (Å²) in [5.41, 5.74) is -0.839. The smallest absolute Gasteiger partial charge is 0.335 e. The second-order valence-electron chi connectivity index (χ2n) is 2.94. The fourth-order valence-electron chi connectivity index (χ4n) is 1.64. The fraction of sp³-hybridized carbons (Fsp3) is 0.875. The molecule has 0 aromatic carbocycles. The first-order valence-corrected chi connectivity index (χ1v) is 4.08. The summed E-state index contributed by atoms with van der Waals surface area (Å²) in [4.78, 5) is 10.8. The van der Waals surface area contributed by atoms with Gasteiger partial charge in [0.05, 0.1) is 0 Å². The minimum absolute atomic E-state index is 0. The molecular weight excluding hydrogens is 180 g/mol. The molecule has 12 heavy (non-hydrogen) atoms. The first kappa shape index (κ1) is 11.7. The van der Waals surface area contributed by atoms with Crippen molar-refractivity contribution in [2.24, 2.45) is 0 Å². The Hall–Kier alpha value is -0.280. The zero-order valence-corrected chi connectivity index (χ0v) is 8.02. The van der Waals surface area contributed by atoms with Crippen molar-refractivity contribution in [2.45, 2.75) is 38.2 Å². The number of aliphatic carboxylic acids is 1. The van der Waals surface area contributed by atoms with E-state index in [1.165, 1.54) is 0 Å². The maximum atomic E-state index is 10.8. The lowest BCUT2D eigenvalue weighted by molar-refractivity contribution is -0.164. The molecule has 0 atom stereocenters. The van der Waals surface area contributed by atoms with E-state index in [1.54, 1.807) is 0 Å². The number of carboxylic acid groups (broad SMARTS) is 1. The monoisotopic (exact) mass is 194 g/mol. The Morgan fingerprint density at radius 2 is 2.00 bits per heavy atom. The summed E-state index contributed by atoms with van der Waals surface area (Å²) >= 11 is 0. The van der Waals surface area contributed by atoms with Gasteiger partial charge < -0.3 is 9.84 Å². The van der Waals surface area contributed by atoms with E-state index in [1.807, 2.05) is 6.92 Å². The van der Waals surface area contributed by atoms with Crippen LogP contribution in [0.25, 0.3) is 0 Å². The molecule has 0 spiro atoms. The van der Waals surface area contributed by atoms with Gasteiger partial charge in [-0.15, -0.1) is 12.4 Å². The van der Waals surface area contributed by atoms with E-state index in [-0.39, 0.29) is 12.4 Å². The molecule has 1 aliphatic rings. The van der Waals surface area contributed by atoms with Crippen LogP contribution < -0.4 is 0 Å². The number of carboxylic acids is 1. The molecule has 0 unspecified atom stereocenters. The molecule has 3 nitrogen and oxygen atoms in total. The molecule has 0 aromatic heterocycles. The van der Waals surface area contributed by atoms with Gasteiger partial charge in [-0.3, -0.25) is 0 Å². The molecule has 0 saturated heterocycles. The standard InChI is InChI=1S/C8H14O3.ClH/c1-2-11-8(7(9)10)5-3-4-6-8;/h2-6H2,1H3,(H,9,10);1H. The van der Waals surface area contributed by atoms with Crippen LogP contribution in [0.15, 0.2) is 0 Å². The van der Waals surface area contributed by atoms with E-state index in [4.69, 9.17) is 9.84 Å². The molecule has 1 aliphatic carbocycles. The van der Waals surface area contributed by atoms with Gasteiger partial charge in [-0.25, -0.2) is 4.79 Å². The van der Waals surface area contributed by atoms with Crippen molar-refractivity contribution in [3.63, 3.8) is 0 Å². The van der Waals surface area contributed by atoms with Crippen molar-refractivity contribution in [3.8, 4) is 0 Å². The normalized spacial score (nSPS) is 20.1. The predicted octanol–water partition coefficient (Wildman–Crippen LogP) is 1.84. The Labute approximate surface area is 78.5 Å². The van der Waals surface area contributed by atoms with Gasteiger partial charge in [0.1, 0.15) is 0 Å². The Balaban J connectivity index is 0.00000121. The number of hydrogen-bond donors (Lipinski definition) is 1. The summed E-state index contributed by atoms with van der Waals surface area (Å²) < 4.78 is 5.25. The molecule has 0 aromatic rings. The third-order valence-electron chi connectivity index (χ3n) is 2.22. The van der Waals surface area contributed by atoms with E-state index in [0.29, 0.717) is 19.4 Å². The second kappa shape index (κ2) is 4.67. The van der Waals surface area contributed by atoms with Crippen molar-refractivity contribution >= 4 is 18.4 Å². The van der Waals surface area contributed by atoms with Gasteiger partial charge in [-0.1, -0.05) is 0 Å². The zero-order valence-electron chi connectivity index (χ0n) is 7.21. The summed E-state index contributed by atoms with van der Waals surface area (Å²) in [5, 5.41) is 8.87. The van der Waals surface area contributed by atoms with Crippen molar-refractivity contribution in [1.29, 1.82) is 0 Å². The lowest BCUT2D eigenvalue weighted by Gasteiger charge is -2.23. The van der Waals surface area contributed by atoms with E-state index in [9.17, 15) is 4.79 Å². The van der Waals surface area contributed by atoms with E-state index in [2.05, 4.69) is 0 Å². The number of rotatable bonds is 3. The second-order valence-corrected chi connectivity index (χ2v) is 2.94. The highest BCUT2D eigenvalue weighted by molar-refractivity contribution is 5.85. The number of ether oxygens (including phenoxy) is 1. The zero-order chi connectivity index (χ0) is 8.32. The van der Waals surface area contributed by atoms with Crippen LogP contribution in [-0.4, -0.2) is 23.3 Å². The first-order chi connectivity index (χ1) is 5.21. The van der Waals surface area contributed by atoms with E-state index < -0.39 is 11.6 Å². The molecule has 72 valence electrons. The molecule has 0 heterocycles. The number of hydrogen-bond acceptors (Lipinski definition) is 2. The minimum Gasteiger partial charge on any atom is -0.479 e. The molecule has 0 bridgehead atoms. The van der Waals surface area contributed by atoms with Crippen LogP contribution in [0.2, 0.25) is 0 Å². The molecule has 1 N–H and O–H groups in total. The van der Waals surface area contributed by atoms with Gasteiger partial charge >= 0.3 is 5.97 Å². The lowest BCUT2D eigenvalue weighted by atomic mass is 10.0. The van der Waals surface area contributed by atoms with Crippen molar-refractivity contribution in [2.75, 3.05) is 6.61 Å². The van der Waals surface area contributed by atoms with Crippen LogP contribution in [0.3, 0.4) is 0 Å². The van der Waals surface area contributed by atoms with Crippen LogP contribution in [0, 0.1) is 0 Å². The van der Waals surface area contributed by atoms with Gasteiger partial charge in [-0.05, 0) is 32.6 Å². The topological polar surface area (TPSA) is 46.5 Å². The highest BCUT2D eigenvalue weighted by Crippen LogP contribution is 2.33. The van der Waals surface area contributed by atoms with Crippen LogP contribution in [-0.2, 0) is 9.53 Å². The Kier molecular flexibility index (Phi) is 4.57. The van der Waals surface area contributed by atoms with E-state index >= 15 is 0 Å². The van der Waals surface area contributed by atoms with Crippen LogP contribution in [0.1, 0.15) is 32.6 Å². The molecule has 1 rings (SSSR count). The van der Waals surface area contributed by atoms with Gasteiger partial charge in [-0.2, -0.15) is 0 Å². The molecule has 4 heteroatoms. The van der Waals surface area contributed by atoms with Gasteiger partial charge in [0.25, 0.3) is 0 Å². The molecule has 0 aliphatic heterocycles. The summed E-state index contributed by atoms with van der Waals surface area (Å²) in [7, 11) is 0. The third kappa shape index (κ3) is 2.11. The number of halogens is 1. The summed E-state index contributed by atoms with van der Waals surface area (Å²) in [6.07, 6.45) is 3.31. The Morgan fingerprint density at radius 3 is 2.33 bits per heavy atom. The highest BCUT2D eigenvalue weighted by Gasteiger charge is 2.41. The molecule has 0 amide bonds. The van der Waals surface area contributed by atoms with Crippen molar-refractivity contribution in [3.05, 3.63) is 0 Å². The summed E-state index contributed by atoms with van der Waals surface area (Å²) in [6.45, 7) is 2.33. The maximum Gasteiger partial charge on any atom is 0.335 e. The number of carbonyl (C=O) groups is 1. The Morgan fingerprint density at radius 1 is 1.50 bits per heavy atom. The average Bonchev–Trinajstić information content (AvgIpc) is 2.38. The van der Waals surface area contributed by atoms with Crippen LogP contribution in [0.5, 0.6) is 0 Å².